The van der Waals surface area contributed by atoms with E-state index in [9.17, 15) is 18.3 Å². The normalized spacial score (nSPS) is 14.4. The fourth-order valence-corrected chi connectivity index (χ4v) is 3.15. The summed E-state index contributed by atoms with van der Waals surface area (Å²) in [5, 5.41) is 21.2. The van der Waals surface area contributed by atoms with Gasteiger partial charge < -0.3 is 21.1 Å². The first kappa shape index (κ1) is 22.0. The van der Waals surface area contributed by atoms with Crippen LogP contribution in [0.5, 0.6) is 0 Å². The van der Waals surface area contributed by atoms with Crippen LogP contribution in [-0.4, -0.2) is 42.2 Å². The molecule has 1 atom stereocenters. The first-order valence-corrected chi connectivity index (χ1v) is 9.66. The summed E-state index contributed by atoms with van der Waals surface area (Å²) in [5.74, 6) is 0.262. The number of aliphatic hydroxyl groups is 1. The quantitative estimate of drug-likeness (QED) is 0.303. The number of anilines is 1. The lowest BCUT2D eigenvalue weighted by molar-refractivity contribution is -0.137. The Hall–Kier alpha value is -2.33. The van der Waals surface area contributed by atoms with Crippen molar-refractivity contribution >= 4 is 23.1 Å². The lowest BCUT2D eigenvalue weighted by Crippen LogP contribution is -2.40. The smallest absolute Gasteiger partial charge is 0.383 e. The van der Waals surface area contributed by atoms with E-state index < -0.39 is 17.3 Å². The van der Waals surface area contributed by atoms with Crippen LogP contribution in [0, 0.1) is 0 Å². The van der Waals surface area contributed by atoms with Crippen LogP contribution in [0.25, 0.3) is 0 Å². The maximum atomic E-state index is 13.0. The summed E-state index contributed by atoms with van der Waals surface area (Å²) in [5.41, 5.74) is -1.90. The van der Waals surface area contributed by atoms with Gasteiger partial charge in [0.2, 0.25) is 0 Å². The summed E-state index contributed by atoms with van der Waals surface area (Å²) in [6.45, 7) is 4.88. The third-order valence-corrected chi connectivity index (χ3v) is 4.89. The van der Waals surface area contributed by atoms with Crippen molar-refractivity contribution in [2.75, 3.05) is 31.5 Å². The number of halogens is 3. The minimum atomic E-state index is -4.46. The van der Waals surface area contributed by atoms with Crippen LogP contribution in [0.3, 0.4) is 0 Å². The molecule has 154 valence electrons. The highest BCUT2D eigenvalue weighted by Crippen LogP contribution is 2.33. The number of hydrogen-bond acceptors (Lipinski definition) is 5. The standard InChI is InChI=1S/C18H24F3N5OS/c1-3-22-16(26-12-17(2,27)14-7-5-11-28-14)25-10-9-24-15-13(18(19,20)21)6-4-8-23-15/h4-8,11,27H,3,9-10,12H2,1-2H3,(H,23,24)(H2,22,25,26). The number of nitrogens with one attached hydrogen (secondary N) is 3. The summed E-state index contributed by atoms with van der Waals surface area (Å²) in [6.07, 6.45) is -3.16. The van der Waals surface area contributed by atoms with Gasteiger partial charge in [-0.15, -0.1) is 11.3 Å². The molecule has 0 bridgehead atoms. The Kier molecular flexibility index (Phi) is 7.64. The highest BCUT2D eigenvalue weighted by atomic mass is 32.1. The molecule has 0 spiro atoms. The second-order valence-electron chi connectivity index (χ2n) is 6.20. The second-order valence-corrected chi connectivity index (χ2v) is 7.14. The van der Waals surface area contributed by atoms with Gasteiger partial charge >= 0.3 is 6.18 Å². The van der Waals surface area contributed by atoms with E-state index >= 15 is 0 Å². The van der Waals surface area contributed by atoms with Gasteiger partial charge in [0.15, 0.2) is 5.96 Å². The monoisotopic (exact) mass is 415 g/mol. The third kappa shape index (κ3) is 6.38. The number of nitrogens with zero attached hydrogens (tertiary/aromatic N) is 2. The summed E-state index contributed by atoms with van der Waals surface area (Å²) >= 11 is 1.45. The number of rotatable bonds is 8. The van der Waals surface area contributed by atoms with Crippen LogP contribution in [0.15, 0.2) is 40.8 Å². The molecule has 2 aromatic heterocycles. The zero-order chi connectivity index (χ0) is 20.6. The number of hydrogen-bond donors (Lipinski definition) is 4. The van der Waals surface area contributed by atoms with Gasteiger partial charge in [-0.25, -0.2) is 9.98 Å². The number of aliphatic imine (C=N–C) groups is 1. The van der Waals surface area contributed by atoms with Gasteiger partial charge in [-0.05, 0) is 37.4 Å². The molecule has 0 saturated heterocycles. The van der Waals surface area contributed by atoms with Gasteiger partial charge in [0.25, 0.3) is 0 Å². The zero-order valence-electron chi connectivity index (χ0n) is 15.7. The van der Waals surface area contributed by atoms with Gasteiger partial charge in [0.1, 0.15) is 11.4 Å². The molecule has 0 saturated carbocycles. The highest BCUT2D eigenvalue weighted by molar-refractivity contribution is 7.10. The van der Waals surface area contributed by atoms with Crippen LogP contribution in [0.1, 0.15) is 24.3 Å². The molecule has 1 unspecified atom stereocenters. The molecule has 0 amide bonds. The van der Waals surface area contributed by atoms with Crippen molar-refractivity contribution in [2.45, 2.75) is 25.6 Å². The molecule has 0 aliphatic carbocycles. The Morgan fingerprint density at radius 1 is 1.21 bits per heavy atom. The second kappa shape index (κ2) is 9.74. The van der Waals surface area contributed by atoms with Crippen LogP contribution in [0.4, 0.5) is 19.0 Å². The maximum Gasteiger partial charge on any atom is 0.419 e. The van der Waals surface area contributed by atoms with Crippen LogP contribution < -0.4 is 16.0 Å². The first-order valence-electron chi connectivity index (χ1n) is 8.78. The van der Waals surface area contributed by atoms with Gasteiger partial charge in [0.05, 0.1) is 12.1 Å². The minimum absolute atomic E-state index is 0.148. The maximum absolute atomic E-state index is 13.0. The van der Waals surface area contributed by atoms with Crippen molar-refractivity contribution < 1.29 is 18.3 Å². The van der Waals surface area contributed by atoms with Crippen molar-refractivity contribution in [1.29, 1.82) is 0 Å². The molecular weight excluding hydrogens is 391 g/mol. The lowest BCUT2D eigenvalue weighted by atomic mass is 10.1. The molecule has 4 N–H and O–H groups in total. The third-order valence-electron chi connectivity index (χ3n) is 3.76. The predicted octanol–water partition coefficient (Wildman–Crippen LogP) is 3.04. The van der Waals surface area contributed by atoms with E-state index in [1.165, 1.54) is 23.6 Å². The first-order chi connectivity index (χ1) is 13.2. The minimum Gasteiger partial charge on any atom is -0.383 e. The van der Waals surface area contributed by atoms with E-state index in [0.717, 1.165) is 10.9 Å². The fraction of sp³-hybridized carbons (Fsp3) is 0.444. The van der Waals surface area contributed by atoms with E-state index in [0.29, 0.717) is 19.0 Å². The Bertz CT molecular complexity index is 763. The number of alkyl halides is 3. The summed E-state index contributed by atoms with van der Waals surface area (Å²) in [6, 6.07) is 5.94. The van der Waals surface area contributed by atoms with E-state index in [2.05, 4.69) is 25.9 Å². The largest absolute Gasteiger partial charge is 0.419 e. The van der Waals surface area contributed by atoms with Crippen molar-refractivity contribution in [3.05, 3.63) is 46.3 Å². The average molecular weight is 415 g/mol. The molecule has 0 aliphatic heterocycles. The molecule has 10 heteroatoms. The number of pyridine rings is 1. The lowest BCUT2D eigenvalue weighted by Gasteiger charge is -2.20. The van der Waals surface area contributed by atoms with Crippen LogP contribution in [0.2, 0.25) is 0 Å². The van der Waals surface area contributed by atoms with Gasteiger partial charge in [-0.1, -0.05) is 6.07 Å². The Labute approximate surface area is 165 Å². The zero-order valence-corrected chi connectivity index (χ0v) is 16.5. The van der Waals surface area contributed by atoms with Gasteiger partial charge in [0, 0.05) is 30.7 Å². The summed E-state index contributed by atoms with van der Waals surface area (Å²) in [4.78, 5) is 8.94. The van der Waals surface area contributed by atoms with Crippen LogP contribution >= 0.6 is 11.3 Å². The summed E-state index contributed by atoms with van der Waals surface area (Å²) in [7, 11) is 0. The highest BCUT2D eigenvalue weighted by Gasteiger charge is 2.33. The van der Waals surface area contributed by atoms with Crippen LogP contribution in [-0.2, 0) is 11.8 Å². The van der Waals surface area contributed by atoms with Crippen molar-refractivity contribution in [1.82, 2.24) is 15.6 Å². The van der Waals surface area contributed by atoms with E-state index in [1.807, 2.05) is 24.4 Å². The topological polar surface area (TPSA) is 81.6 Å². The molecule has 0 aliphatic rings. The van der Waals surface area contributed by atoms with E-state index in [1.54, 1.807) is 6.92 Å². The molecule has 2 aromatic rings. The fourth-order valence-electron chi connectivity index (χ4n) is 2.37. The number of aromatic nitrogens is 1. The number of guanidine groups is 1. The van der Waals surface area contributed by atoms with Crippen molar-refractivity contribution in [3.8, 4) is 0 Å². The molecule has 2 heterocycles. The Morgan fingerprint density at radius 2 is 2.00 bits per heavy atom. The Morgan fingerprint density at radius 3 is 2.64 bits per heavy atom. The molecule has 0 radical (unpaired) electrons. The molecule has 0 aromatic carbocycles. The molecule has 2 rings (SSSR count). The van der Waals surface area contributed by atoms with Gasteiger partial charge in [-0.2, -0.15) is 13.2 Å². The van der Waals surface area contributed by atoms with Gasteiger partial charge in [-0.3, -0.25) is 0 Å². The number of thiophene rings is 1. The van der Waals surface area contributed by atoms with Crippen molar-refractivity contribution in [2.24, 2.45) is 4.99 Å². The molecular formula is C18H24F3N5OS. The molecule has 28 heavy (non-hydrogen) atoms. The molecule has 6 nitrogen and oxygen atoms in total. The average Bonchev–Trinajstić information content (AvgIpc) is 3.18. The summed E-state index contributed by atoms with van der Waals surface area (Å²) < 4.78 is 38.9. The van der Waals surface area contributed by atoms with Crippen molar-refractivity contribution in [3.63, 3.8) is 0 Å². The molecule has 0 fully saturated rings. The predicted molar refractivity (Wildman–Crippen MR) is 106 cm³/mol. The van der Waals surface area contributed by atoms with E-state index in [-0.39, 0.29) is 18.9 Å². The SMILES string of the molecule is CCNC(=NCC(C)(O)c1cccs1)NCCNc1ncccc1C(F)(F)F. The van der Waals surface area contributed by atoms with E-state index in [4.69, 9.17) is 0 Å². The Balaban J connectivity index is 1.90.